The minimum Gasteiger partial charge on any atom is -0.377 e. The first-order valence-corrected chi connectivity index (χ1v) is 12.2. The lowest BCUT2D eigenvalue weighted by atomic mass is 9.79. The summed E-state index contributed by atoms with van der Waals surface area (Å²) in [4.78, 5) is 0. The quantitative estimate of drug-likeness (QED) is 0.255. The molecule has 0 aromatic heterocycles. The van der Waals surface area contributed by atoms with Crippen molar-refractivity contribution in [1.29, 1.82) is 0 Å². The highest BCUT2D eigenvalue weighted by Gasteiger charge is 2.22. The highest BCUT2D eigenvalue weighted by atomic mass is 16.5. The summed E-state index contributed by atoms with van der Waals surface area (Å²) < 4.78 is 5.66. The first-order valence-electron chi connectivity index (χ1n) is 12.2. The van der Waals surface area contributed by atoms with E-state index in [-0.39, 0.29) is 0 Å². The van der Waals surface area contributed by atoms with E-state index in [0.29, 0.717) is 12.5 Å². The molecule has 0 radical (unpaired) electrons. The lowest BCUT2D eigenvalue weighted by Crippen LogP contribution is -2.18. The fourth-order valence-corrected chi connectivity index (χ4v) is 4.72. The average molecular weight is 405 g/mol. The zero-order valence-electron chi connectivity index (χ0n) is 19.0. The Morgan fingerprint density at radius 3 is 2.10 bits per heavy atom. The molecule has 162 valence electrons. The second-order valence-electron chi connectivity index (χ2n) is 9.03. The van der Waals surface area contributed by atoms with Gasteiger partial charge in [-0.1, -0.05) is 87.2 Å². The number of aryl methyl sites for hydroxylation is 1. The van der Waals surface area contributed by atoms with E-state index in [9.17, 15) is 0 Å². The summed E-state index contributed by atoms with van der Waals surface area (Å²) in [6, 6.07) is 18.6. The molecule has 30 heavy (non-hydrogen) atoms. The Morgan fingerprint density at radius 1 is 0.833 bits per heavy atom. The molecule has 0 amide bonds. The van der Waals surface area contributed by atoms with Crippen LogP contribution in [0.3, 0.4) is 0 Å². The van der Waals surface area contributed by atoms with E-state index in [1.54, 1.807) is 0 Å². The first kappa shape index (κ1) is 22.8. The molecule has 0 N–H and O–H groups in total. The molecule has 3 rings (SSSR count). The van der Waals surface area contributed by atoms with Crippen LogP contribution in [0.2, 0.25) is 0 Å². The third-order valence-electron chi connectivity index (χ3n) is 6.67. The molecular weight excluding hydrogens is 364 g/mol. The van der Waals surface area contributed by atoms with Gasteiger partial charge in [0, 0.05) is 6.61 Å². The van der Waals surface area contributed by atoms with Crippen LogP contribution in [0.25, 0.3) is 11.1 Å². The lowest BCUT2D eigenvalue weighted by molar-refractivity contribution is 0.102. The van der Waals surface area contributed by atoms with Gasteiger partial charge in [0.15, 0.2) is 0 Å². The van der Waals surface area contributed by atoms with Gasteiger partial charge in [0.25, 0.3) is 0 Å². The van der Waals surface area contributed by atoms with Crippen LogP contribution in [0.5, 0.6) is 0 Å². The van der Waals surface area contributed by atoms with Crippen molar-refractivity contribution in [3.8, 4) is 11.1 Å². The molecule has 0 spiro atoms. The summed E-state index contributed by atoms with van der Waals surface area (Å²) in [5, 5.41) is 0. The van der Waals surface area contributed by atoms with Crippen LogP contribution in [0, 0.1) is 5.92 Å². The SMILES string of the molecule is C=CCOCC1CCC(c2ccc(-c3ccc(CCCCCCC)cc3)cc2)CC1. The molecule has 1 saturated carbocycles. The van der Waals surface area contributed by atoms with Crippen LogP contribution in [-0.2, 0) is 11.2 Å². The highest BCUT2D eigenvalue weighted by molar-refractivity contribution is 5.64. The Kier molecular flexibility index (Phi) is 9.70. The summed E-state index contributed by atoms with van der Waals surface area (Å²) >= 11 is 0. The predicted molar refractivity (Wildman–Crippen MR) is 130 cm³/mol. The molecule has 0 atom stereocenters. The number of rotatable bonds is 12. The Hall–Kier alpha value is -1.86. The Bertz CT molecular complexity index is 720. The van der Waals surface area contributed by atoms with Crippen molar-refractivity contribution in [3.05, 3.63) is 72.3 Å². The molecule has 0 aliphatic heterocycles. The van der Waals surface area contributed by atoms with Gasteiger partial charge in [-0.05, 0) is 72.6 Å². The molecular formula is C29H40O. The predicted octanol–water partition coefficient (Wildman–Crippen LogP) is 8.34. The minimum absolute atomic E-state index is 0.682. The van der Waals surface area contributed by atoms with Gasteiger partial charge in [0.05, 0.1) is 6.61 Å². The molecule has 1 nitrogen and oxygen atoms in total. The third kappa shape index (κ3) is 7.13. The van der Waals surface area contributed by atoms with Gasteiger partial charge < -0.3 is 4.74 Å². The molecule has 1 fully saturated rings. The van der Waals surface area contributed by atoms with E-state index in [1.807, 2.05) is 6.08 Å². The normalized spacial score (nSPS) is 19.0. The molecule has 1 aliphatic carbocycles. The Morgan fingerprint density at radius 2 is 1.47 bits per heavy atom. The van der Waals surface area contributed by atoms with Crippen molar-refractivity contribution in [2.45, 2.75) is 77.0 Å². The zero-order valence-corrected chi connectivity index (χ0v) is 19.0. The van der Waals surface area contributed by atoms with E-state index < -0.39 is 0 Å². The van der Waals surface area contributed by atoms with Crippen molar-refractivity contribution < 1.29 is 4.74 Å². The molecule has 2 aromatic carbocycles. The van der Waals surface area contributed by atoms with E-state index in [1.165, 1.54) is 86.5 Å². The number of benzene rings is 2. The summed E-state index contributed by atoms with van der Waals surface area (Å²) in [6.07, 6.45) is 14.9. The standard InChI is InChI=1S/C29H40O/c1-3-5-6-7-8-9-24-10-14-26(15-11-24)28-18-20-29(21-19-28)27-16-12-25(13-17-27)23-30-22-4-2/h4,10-11,14-15,18-21,25,27H,2-3,5-9,12-13,16-17,22-23H2,1H3. The fourth-order valence-electron chi connectivity index (χ4n) is 4.72. The van der Waals surface area contributed by atoms with Gasteiger partial charge in [-0.2, -0.15) is 0 Å². The van der Waals surface area contributed by atoms with Crippen molar-refractivity contribution in [2.24, 2.45) is 5.92 Å². The van der Waals surface area contributed by atoms with Crippen LogP contribution >= 0.6 is 0 Å². The van der Waals surface area contributed by atoms with E-state index in [0.717, 1.165) is 12.5 Å². The number of hydrogen-bond donors (Lipinski definition) is 0. The van der Waals surface area contributed by atoms with E-state index in [4.69, 9.17) is 4.74 Å². The average Bonchev–Trinajstić information content (AvgIpc) is 2.80. The largest absolute Gasteiger partial charge is 0.377 e. The second kappa shape index (κ2) is 12.7. The monoisotopic (exact) mass is 404 g/mol. The van der Waals surface area contributed by atoms with Crippen molar-refractivity contribution in [1.82, 2.24) is 0 Å². The first-order chi connectivity index (χ1) is 14.8. The maximum atomic E-state index is 5.66. The smallest absolute Gasteiger partial charge is 0.0644 e. The molecule has 0 heterocycles. The molecule has 2 aromatic rings. The maximum Gasteiger partial charge on any atom is 0.0644 e. The maximum absolute atomic E-state index is 5.66. The Balaban J connectivity index is 1.47. The third-order valence-corrected chi connectivity index (χ3v) is 6.67. The molecule has 0 bridgehead atoms. The highest BCUT2D eigenvalue weighted by Crippen LogP contribution is 2.36. The number of ether oxygens (including phenoxy) is 1. The van der Waals surface area contributed by atoms with Gasteiger partial charge in [0.1, 0.15) is 0 Å². The number of hydrogen-bond acceptors (Lipinski definition) is 1. The minimum atomic E-state index is 0.682. The van der Waals surface area contributed by atoms with E-state index >= 15 is 0 Å². The van der Waals surface area contributed by atoms with Gasteiger partial charge in [-0.25, -0.2) is 0 Å². The van der Waals surface area contributed by atoms with Crippen LogP contribution in [0.1, 0.15) is 81.8 Å². The molecule has 0 unspecified atom stereocenters. The summed E-state index contributed by atoms with van der Waals surface area (Å²) in [5.74, 6) is 1.44. The van der Waals surface area contributed by atoms with Gasteiger partial charge >= 0.3 is 0 Å². The van der Waals surface area contributed by atoms with Gasteiger partial charge in [-0.3, -0.25) is 0 Å². The lowest BCUT2D eigenvalue weighted by Gasteiger charge is -2.28. The zero-order chi connectivity index (χ0) is 21.0. The van der Waals surface area contributed by atoms with Crippen molar-refractivity contribution in [2.75, 3.05) is 13.2 Å². The summed E-state index contributed by atoms with van der Waals surface area (Å²) in [7, 11) is 0. The fraction of sp³-hybridized carbons (Fsp3) is 0.517. The van der Waals surface area contributed by atoms with E-state index in [2.05, 4.69) is 62.0 Å². The summed E-state index contributed by atoms with van der Waals surface area (Å²) in [5.41, 5.74) is 5.65. The summed E-state index contributed by atoms with van der Waals surface area (Å²) in [6.45, 7) is 7.58. The van der Waals surface area contributed by atoms with Crippen molar-refractivity contribution >= 4 is 0 Å². The van der Waals surface area contributed by atoms with Gasteiger partial charge in [0.2, 0.25) is 0 Å². The molecule has 1 heteroatoms. The van der Waals surface area contributed by atoms with Crippen molar-refractivity contribution in [3.63, 3.8) is 0 Å². The molecule has 0 saturated heterocycles. The van der Waals surface area contributed by atoms with Crippen LogP contribution in [0.15, 0.2) is 61.2 Å². The number of unbranched alkanes of at least 4 members (excludes halogenated alkanes) is 4. The topological polar surface area (TPSA) is 9.23 Å². The van der Waals surface area contributed by atoms with Crippen LogP contribution in [-0.4, -0.2) is 13.2 Å². The van der Waals surface area contributed by atoms with Gasteiger partial charge in [-0.15, -0.1) is 6.58 Å². The Labute approximate surface area is 184 Å². The van der Waals surface area contributed by atoms with Crippen LogP contribution in [0.4, 0.5) is 0 Å². The van der Waals surface area contributed by atoms with Crippen LogP contribution < -0.4 is 0 Å². The molecule has 1 aliphatic rings. The second-order valence-corrected chi connectivity index (χ2v) is 9.03.